The zero-order valence-corrected chi connectivity index (χ0v) is 11.0. The molecule has 0 N–H and O–H groups in total. The van der Waals surface area contributed by atoms with E-state index < -0.39 is 0 Å². The molecule has 0 fully saturated rings. The van der Waals surface area contributed by atoms with Crippen molar-refractivity contribution in [2.24, 2.45) is 0 Å². The summed E-state index contributed by atoms with van der Waals surface area (Å²) in [4.78, 5) is 2.50. The minimum Gasteiger partial charge on any atom is -0.299 e. The van der Waals surface area contributed by atoms with E-state index in [1.165, 1.54) is 24.2 Å². The molecule has 1 aliphatic rings. The van der Waals surface area contributed by atoms with Crippen molar-refractivity contribution in [3.05, 3.63) is 17.5 Å². The zero-order chi connectivity index (χ0) is 11.8. The summed E-state index contributed by atoms with van der Waals surface area (Å²) < 4.78 is 2.12. The van der Waals surface area contributed by atoms with Crippen LogP contribution in [0.4, 0.5) is 0 Å². The van der Waals surface area contributed by atoms with Crippen LogP contribution >= 0.6 is 0 Å². The molecular weight excluding hydrogens is 198 g/mol. The molecule has 0 atom stereocenters. The van der Waals surface area contributed by atoms with E-state index in [9.17, 15) is 0 Å². The van der Waals surface area contributed by atoms with Gasteiger partial charge in [-0.25, -0.2) is 0 Å². The Balaban J connectivity index is 2.27. The lowest BCUT2D eigenvalue weighted by atomic mass is 10.1. The Bertz CT molecular complexity index is 360. The Morgan fingerprint density at radius 3 is 2.75 bits per heavy atom. The Hall–Kier alpha value is -0.830. The van der Waals surface area contributed by atoms with Gasteiger partial charge in [0.15, 0.2) is 0 Å². The lowest BCUT2D eigenvalue weighted by Gasteiger charge is -2.20. The van der Waals surface area contributed by atoms with E-state index in [0.717, 1.165) is 19.5 Å². The SMILES string of the molecule is CCN1CCCc2nn(C(C)(C)C)cc2C1. The molecule has 1 aliphatic heterocycles. The minimum absolute atomic E-state index is 0.100. The number of aromatic nitrogens is 2. The topological polar surface area (TPSA) is 21.1 Å². The molecule has 3 heteroatoms. The Morgan fingerprint density at radius 2 is 2.12 bits per heavy atom. The van der Waals surface area contributed by atoms with E-state index in [0.29, 0.717) is 0 Å². The Kier molecular flexibility index (Phi) is 3.06. The Morgan fingerprint density at radius 1 is 1.38 bits per heavy atom. The van der Waals surface area contributed by atoms with Gasteiger partial charge in [0.05, 0.1) is 11.2 Å². The molecule has 0 aliphatic carbocycles. The van der Waals surface area contributed by atoms with Gasteiger partial charge in [0.1, 0.15) is 0 Å². The van der Waals surface area contributed by atoms with E-state index in [4.69, 9.17) is 5.10 Å². The van der Waals surface area contributed by atoms with Crippen LogP contribution < -0.4 is 0 Å². The van der Waals surface area contributed by atoms with Gasteiger partial charge in [-0.3, -0.25) is 9.58 Å². The van der Waals surface area contributed by atoms with E-state index in [1.54, 1.807) is 0 Å². The first kappa shape index (κ1) is 11.6. The lowest BCUT2D eigenvalue weighted by molar-refractivity contribution is 0.282. The minimum atomic E-state index is 0.100. The number of hydrogen-bond acceptors (Lipinski definition) is 2. The van der Waals surface area contributed by atoms with Gasteiger partial charge in [-0.05, 0) is 46.7 Å². The molecule has 2 heterocycles. The molecular formula is C13H23N3. The number of nitrogens with zero attached hydrogens (tertiary/aromatic N) is 3. The Labute approximate surface area is 98.4 Å². The number of aryl methyl sites for hydroxylation is 1. The molecule has 1 aromatic heterocycles. The summed E-state index contributed by atoms with van der Waals surface area (Å²) in [5.41, 5.74) is 2.84. The maximum absolute atomic E-state index is 4.74. The predicted octanol–water partition coefficient (Wildman–Crippen LogP) is 2.41. The van der Waals surface area contributed by atoms with Gasteiger partial charge in [0, 0.05) is 18.3 Å². The van der Waals surface area contributed by atoms with Crippen LogP contribution in [0.3, 0.4) is 0 Å². The van der Waals surface area contributed by atoms with E-state index in [-0.39, 0.29) is 5.54 Å². The van der Waals surface area contributed by atoms with Crippen LogP contribution in [0.25, 0.3) is 0 Å². The first-order valence-electron chi connectivity index (χ1n) is 6.31. The largest absolute Gasteiger partial charge is 0.299 e. The molecule has 16 heavy (non-hydrogen) atoms. The third-order valence-corrected chi connectivity index (χ3v) is 3.29. The summed E-state index contributed by atoms with van der Waals surface area (Å²) in [6.45, 7) is 12.3. The van der Waals surface area contributed by atoms with E-state index >= 15 is 0 Å². The van der Waals surface area contributed by atoms with Crippen LogP contribution in [0.2, 0.25) is 0 Å². The maximum Gasteiger partial charge on any atom is 0.0670 e. The fraction of sp³-hybridized carbons (Fsp3) is 0.769. The van der Waals surface area contributed by atoms with Crippen molar-refractivity contribution in [2.45, 2.75) is 52.6 Å². The van der Waals surface area contributed by atoms with Gasteiger partial charge < -0.3 is 0 Å². The monoisotopic (exact) mass is 221 g/mol. The molecule has 0 amide bonds. The highest BCUT2D eigenvalue weighted by atomic mass is 15.3. The van der Waals surface area contributed by atoms with Gasteiger partial charge in [-0.2, -0.15) is 5.10 Å². The average molecular weight is 221 g/mol. The van der Waals surface area contributed by atoms with Gasteiger partial charge in [-0.1, -0.05) is 6.92 Å². The van der Waals surface area contributed by atoms with Crippen LogP contribution in [0.5, 0.6) is 0 Å². The van der Waals surface area contributed by atoms with Crippen molar-refractivity contribution in [1.29, 1.82) is 0 Å². The standard InChI is InChI=1S/C13H23N3/c1-5-15-8-6-7-12-11(9-15)10-16(14-12)13(2,3)4/h10H,5-9H2,1-4H3. The lowest BCUT2D eigenvalue weighted by Crippen LogP contribution is -2.24. The molecule has 0 spiro atoms. The van der Waals surface area contributed by atoms with Gasteiger partial charge in [0.25, 0.3) is 0 Å². The van der Waals surface area contributed by atoms with Crippen LogP contribution in [0.1, 0.15) is 45.4 Å². The first-order chi connectivity index (χ1) is 7.50. The maximum atomic E-state index is 4.74. The molecule has 3 nitrogen and oxygen atoms in total. The van der Waals surface area contributed by atoms with Crippen molar-refractivity contribution in [3.8, 4) is 0 Å². The molecule has 0 radical (unpaired) electrons. The normalized spacial score (nSPS) is 18.2. The van der Waals surface area contributed by atoms with Crippen molar-refractivity contribution < 1.29 is 0 Å². The third-order valence-electron chi connectivity index (χ3n) is 3.29. The summed E-state index contributed by atoms with van der Waals surface area (Å²) in [7, 11) is 0. The number of rotatable bonds is 1. The summed E-state index contributed by atoms with van der Waals surface area (Å²) in [6.07, 6.45) is 4.61. The molecule has 0 aromatic carbocycles. The summed E-state index contributed by atoms with van der Waals surface area (Å²) in [6, 6.07) is 0. The fourth-order valence-electron chi connectivity index (χ4n) is 2.19. The first-order valence-corrected chi connectivity index (χ1v) is 6.31. The van der Waals surface area contributed by atoms with Crippen LogP contribution in [-0.2, 0) is 18.5 Å². The highest BCUT2D eigenvalue weighted by molar-refractivity contribution is 5.19. The van der Waals surface area contributed by atoms with Gasteiger partial charge in [-0.15, -0.1) is 0 Å². The highest BCUT2D eigenvalue weighted by Gasteiger charge is 2.20. The fourth-order valence-corrected chi connectivity index (χ4v) is 2.19. The second kappa shape index (κ2) is 4.21. The molecule has 0 bridgehead atoms. The smallest absolute Gasteiger partial charge is 0.0670 e. The van der Waals surface area contributed by atoms with Crippen LogP contribution in [0.15, 0.2) is 6.20 Å². The van der Waals surface area contributed by atoms with Crippen LogP contribution in [0, 0.1) is 0 Å². The number of hydrogen-bond donors (Lipinski definition) is 0. The van der Waals surface area contributed by atoms with Crippen LogP contribution in [-0.4, -0.2) is 27.8 Å². The number of fused-ring (bicyclic) bond motifs is 1. The van der Waals surface area contributed by atoms with Gasteiger partial charge in [0.2, 0.25) is 0 Å². The molecule has 0 unspecified atom stereocenters. The summed E-state index contributed by atoms with van der Waals surface area (Å²) >= 11 is 0. The van der Waals surface area contributed by atoms with Crippen molar-refractivity contribution in [1.82, 2.24) is 14.7 Å². The molecule has 0 saturated carbocycles. The van der Waals surface area contributed by atoms with Crippen molar-refractivity contribution >= 4 is 0 Å². The third kappa shape index (κ3) is 2.29. The molecule has 2 rings (SSSR count). The van der Waals surface area contributed by atoms with Gasteiger partial charge >= 0.3 is 0 Å². The molecule has 1 aromatic rings. The second-order valence-electron chi connectivity index (χ2n) is 5.69. The quantitative estimate of drug-likeness (QED) is 0.726. The van der Waals surface area contributed by atoms with Crippen molar-refractivity contribution in [3.63, 3.8) is 0 Å². The molecule has 90 valence electrons. The average Bonchev–Trinajstić information content (AvgIpc) is 2.51. The van der Waals surface area contributed by atoms with Crippen molar-refractivity contribution in [2.75, 3.05) is 13.1 Å². The zero-order valence-electron chi connectivity index (χ0n) is 11.0. The second-order valence-corrected chi connectivity index (χ2v) is 5.69. The summed E-state index contributed by atoms with van der Waals surface area (Å²) in [5.74, 6) is 0. The molecule has 0 saturated heterocycles. The van der Waals surface area contributed by atoms with E-state index in [1.807, 2.05) is 0 Å². The highest BCUT2D eigenvalue weighted by Crippen LogP contribution is 2.21. The van der Waals surface area contributed by atoms with E-state index in [2.05, 4.69) is 43.5 Å². The summed E-state index contributed by atoms with van der Waals surface area (Å²) in [5, 5.41) is 4.74. The predicted molar refractivity (Wildman–Crippen MR) is 66.5 cm³/mol.